The van der Waals surface area contributed by atoms with Crippen LogP contribution in [-0.2, 0) is 9.47 Å². The van der Waals surface area contributed by atoms with Crippen LogP contribution < -0.4 is 34.7 Å². The van der Waals surface area contributed by atoms with Crippen LogP contribution in [-0.4, -0.2) is 26.1 Å². The fourth-order valence-corrected chi connectivity index (χ4v) is 1.26. The molecule has 13 heavy (non-hydrogen) atoms. The van der Waals surface area contributed by atoms with Gasteiger partial charge in [-0.1, -0.05) is 6.42 Å². The summed E-state index contributed by atoms with van der Waals surface area (Å²) in [7, 11) is 0. The molecule has 0 aliphatic carbocycles. The maximum absolute atomic E-state index is 10.1. The Bertz CT molecular complexity index is 105. The van der Waals surface area contributed by atoms with Gasteiger partial charge in [-0.2, -0.15) is 0 Å². The maximum Gasteiger partial charge on any atom is 1.00 e. The van der Waals surface area contributed by atoms with Gasteiger partial charge in [0.2, 0.25) is 0 Å². The van der Waals surface area contributed by atoms with E-state index in [4.69, 9.17) is 9.47 Å². The number of ether oxygens (including phenoxy) is 2. The van der Waals surface area contributed by atoms with Gasteiger partial charge in [0.25, 0.3) is 0 Å². The summed E-state index contributed by atoms with van der Waals surface area (Å²) in [5.74, 6) is 0. The van der Waals surface area contributed by atoms with Gasteiger partial charge in [0, 0.05) is 13.2 Å². The molecule has 1 rings (SSSR count). The van der Waals surface area contributed by atoms with E-state index in [2.05, 4.69) is 0 Å². The molecular formula is C9H17NaO3. The largest absolute Gasteiger partial charge is 1.00 e. The van der Waals surface area contributed by atoms with Gasteiger partial charge in [0.05, 0.1) is 0 Å². The SMILES string of the molecule is [Na+].[O-]CCCCOC1CCCCO1. The summed E-state index contributed by atoms with van der Waals surface area (Å²) >= 11 is 0. The molecule has 1 aliphatic rings. The van der Waals surface area contributed by atoms with Gasteiger partial charge in [-0.05, 0) is 25.7 Å². The van der Waals surface area contributed by atoms with Crippen LogP contribution in [0, 0.1) is 0 Å². The molecule has 1 fully saturated rings. The Morgan fingerprint density at radius 3 is 2.77 bits per heavy atom. The van der Waals surface area contributed by atoms with Crippen molar-refractivity contribution in [1.82, 2.24) is 0 Å². The Labute approximate surface area is 102 Å². The van der Waals surface area contributed by atoms with E-state index >= 15 is 0 Å². The van der Waals surface area contributed by atoms with Crippen LogP contribution in [0.3, 0.4) is 0 Å². The monoisotopic (exact) mass is 196 g/mol. The Balaban J connectivity index is 0.00000144. The molecular weight excluding hydrogens is 179 g/mol. The number of unbranched alkanes of at least 4 members (excludes halogenated alkanes) is 1. The number of rotatable bonds is 5. The van der Waals surface area contributed by atoms with Crippen molar-refractivity contribution in [1.29, 1.82) is 0 Å². The van der Waals surface area contributed by atoms with E-state index in [0.29, 0.717) is 13.0 Å². The van der Waals surface area contributed by atoms with E-state index < -0.39 is 0 Å². The van der Waals surface area contributed by atoms with Crippen molar-refractivity contribution in [2.24, 2.45) is 0 Å². The molecule has 0 aromatic carbocycles. The summed E-state index contributed by atoms with van der Waals surface area (Å²) in [6.07, 6.45) is 4.95. The Kier molecular flexibility index (Phi) is 10.1. The maximum atomic E-state index is 10.1. The van der Waals surface area contributed by atoms with Crippen molar-refractivity contribution in [3.05, 3.63) is 0 Å². The zero-order valence-corrected chi connectivity index (χ0v) is 10.5. The Hall–Kier alpha value is 0.880. The molecule has 0 amide bonds. The van der Waals surface area contributed by atoms with E-state index in [1.807, 2.05) is 0 Å². The first-order chi connectivity index (χ1) is 5.93. The third-order valence-electron chi connectivity index (χ3n) is 1.98. The molecule has 1 unspecified atom stereocenters. The fraction of sp³-hybridized carbons (Fsp3) is 1.00. The predicted octanol–water partition coefficient (Wildman–Crippen LogP) is -2.33. The molecule has 1 atom stereocenters. The van der Waals surface area contributed by atoms with E-state index in [0.717, 1.165) is 25.9 Å². The average Bonchev–Trinajstić information content (AvgIpc) is 2.14. The summed E-state index contributed by atoms with van der Waals surface area (Å²) in [5.41, 5.74) is 0. The predicted molar refractivity (Wildman–Crippen MR) is 43.6 cm³/mol. The van der Waals surface area contributed by atoms with Gasteiger partial charge in [0.1, 0.15) is 0 Å². The standard InChI is InChI=1S/C9H17O3.Na/c10-6-2-4-8-12-9-5-1-3-7-11-9;/h9H,1-8H2;/q-1;+1. The first-order valence-electron chi connectivity index (χ1n) is 4.75. The number of hydrogen-bond donors (Lipinski definition) is 0. The molecule has 0 radical (unpaired) electrons. The molecule has 3 nitrogen and oxygen atoms in total. The first kappa shape index (κ1) is 13.9. The van der Waals surface area contributed by atoms with Crippen molar-refractivity contribution in [2.45, 2.75) is 38.4 Å². The Morgan fingerprint density at radius 2 is 2.15 bits per heavy atom. The molecule has 0 N–H and O–H groups in total. The molecule has 0 aromatic heterocycles. The second-order valence-corrected chi connectivity index (χ2v) is 3.08. The molecule has 1 heterocycles. The molecule has 72 valence electrons. The topological polar surface area (TPSA) is 41.5 Å². The molecule has 4 heteroatoms. The zero-order chi connectivity index (χ0) is 8.65. The smallest absolute Gasteiger partial charge is 0.854 e. The summed E-state index contributed by atoms with van der Waals surface area (Å²) in [5, 5.41) is 10.1. The van der Waals surface area contributed by atoms with Crippen LogP contribution in [0.5, 0.6) is 0 Å². The molecule has 0 spiro atoms. The first-order valence-corrected chi connectivity index (χ1v) is 4.75. The van der Waals surface area contributed by atoms with Crippen LogP contribution in [0.1, 0.15) is 32.1 Å². The normalized spacial score (nSPS) is 22.4. The number of hydrogen-bond acceptors (Lipinski definition) is 3. The third-order valence-corrected chi connectivity index (χ3v) is 1.98. The van der Waals surface area contributed by atoms with Gasteiger partial charge in [-0.25, -0.2) is 0 Å². The van der Waals surface area contributed by atoms with Crippen LogP contribution in [0.4, 0.5) is 0 Å². The summed E-state index contributed by atoms with van der Waals surface area (Å²) in [4.78, 5) is 0. The van der Waals surface area contributed by atoms with Gasteiger partial charge >= 0.3 is 29.6 Å². The minimum Gasteiger partial charge on any atom is -0.854 e. The Morgan fingerprint density at radius 1 is 1.31 bits per heavy atom. The second-order valence-electron chi connectivity index (χ2n) is 3.08. The average molecular weight is 196 g/mol. The van der Waals surface area contributed by atoms with E-state index in [1.165, 1.54) is 6.42 Å². The van der Waals surface area contributed by atoms with E-state index in [9.17, 15) is 5.11 Å². The van der Waals surface area contributed by atoms with Gasteiger partial charge < -0.3 is 14.6 Å². The van der Waals surface area contributed by atoms with Crippen molar-refractivity contribution in [3.63, 3.8) is 0 Å². The molecule has 0 aromatic rings. The van der Waals surface area contributed by atoms with Crippen molar-refractivity contribution in [3.8, 4) is 0 Å². The quantitative estimate of drug-likeness (QED) is 0.366. The van der Waals surface area contributed by atoms with Gasteiger partial charge in [-0.15, -0.1) is 6.61 Å². The summed E-state index contributed by atoms with van der Waals surface area (Å²) < 4.78 is 10.8. The van der Waals surface area contributed by atoms with Crippen LogP contribution >= 0.6 is 0 Å². The van der Waals surface area contributed by atoms with E-state index in [1.54, 1.807) is 0 Å². The minimum atomic E-state index is 0. The van der Waals surface area contributed by atoms with Crippen molar-refractivity contribution in [2.75, 3.05) is 19.8 Å². The van der Waals surface area contributed by atoms with Crippen LogP contribution in [0.2, 0.25) is 0 Å². The minimum absolute atomic E-state index is 0. The van der Waals surface area contributed by atoms with Crippen LogP contribution in [0.25, 0.3) is 0 Å². The third kappa shape index (κ3) is 6.89. The van der Waals surface area contributed by atoms with Crippen LogP contribution in [0.15, 0.2) is 0 Å². The summed E-state index contributed by atoms with van der Waals surface area (Å²) in [6.45, 7) is 1.51. The van der Waals surface area contributed by atoms with Gasteiger partial charge in [-0.3, -0.25) is 0 Å². The van der Waals surface area contributed by atoms with Gasteiger partial charge in [0.15, 0.2) is 6.29 Å². The van der Waals surface area contributed by atoms with Crippen molar-refractivity contribution < 1.29 is 44.1 Å². The van der Waals surface area contributed by atoms with Crippen molar-refractivity contribution >= 4 is 0 Å². The fourth-order valence-electron chi connectivity index (χ4n) is 1.26. The molecule has 0 bridgehead atoms. The zero-order valence-electron chi connectivity index (χ0n) is 8.46. The van der Waals surface area contributed by atoms with E-state index in [-0.39, 0.29) is 42.5 Å². The molecule has 1 aliphatic heterocycles. The molecule has 0 saturated carbocycles. The second kappa shape index (κ2) is 9.44. The summed E-state index contributed by atoms with van der Waals surface area (Å²) in [6, 6.07) is 0. The molecule has 1 saturated heterocycles.